The van der Waals surface area contributed by atoms with Crippen molar-refractivity contribution >= 4 is 6.09 Å². The maximum absolute atomic E-state index is 13.5. The average Bonchev–Trinajstić information content (AvgIpc) is 2.50. The summed E-state index contributed by atoms with van der Waals surface area (Å²) in [5, 5.41) is 10.7. The molecule has 0 aromatic heterocycles. The fourth-order valence-electron chi connectivity index (χ4n) is 1.72. The Morgan fingerprint density at radius 1 is 1.09 bits per heavy atom. The number of hydrogen-bond donors (Lipinski definition) is 2. The second-order valence-electron chi connectivity index (χ2n) is 4.44. The lowest BCUT2D eigenvalue weighted by Crippen LogP contribution is -2.23. The number of carboxylic acid groups (broad SMARTS) is 1. The maximum Gasteiger partial charge on any atom is 0.404 e. The summed E-state index contributed by atoms with van der Waals surface area (Å²) in [7, 11) is 0. The van der Waals surface area contributed by atoms with E-state index in [0.717, 1.165) is 0 Å². The number of rotatable bonds is 7. The normalized spacial score (nSPS) is 10.0. The molecule has 0 bridgehead atoms. The first kappa shape index (κ1) is 15.6. The third-order valence-electron chi connectivity index (χ3n) is 2.75. The molecule has 116 valence electrons. The van der Waals surface area contributed by atoms with Crippen molar-refractivity contribution < 1.29 is 23.8 Å². The number of benzene rings is 2. The summed E-state index contributed by atoms with van der Waals surface area (Å²) in [4.78, 5) is 10.3. The van der Waals surface area contributed by atoms with Crippen LogP contribution in [0.5, 0.6) is 17.2 Å². The zero-order valence-electron chi connectivity index (χ0n) is 11.8. The molecule has 0 aliphatic carbocycles. The summed E-state index contributed by atoms with van der Waals surface area (Å²) >= 11 is 0. The number of para-hydroxylation sites is 1. The SMILES string of the molecule is O=C(O)NCCCOc1ccc(Oc2ccccc2F)cc1. The van der Waals surface area contributed by atoms with Crippen LogP contribution in [0, 0.1) is 5.82 Å². The summed E-state index contributed by atoms with van der Waals surface area (Å²) in [6.45, 7) is 0.734. The molecule has 0 saturated heterocycles. The number of halogens is 1. The lowest BCUT2D eigenvalue weighted by atomic mass is 10.3. The van der Waals surface area contributed by atoms with Crippen LogP contribution >= 0.6 is 0 Å². The average molecular weight is 305 g/mol. The molecule has 6 heteroatoms. The van der Waals surface area contributed by atoms with Gasteiger partial charge in [-0.1, -0.05) is 12.1 Å². The van der Waals surface area contributed by atoms with Gasteiger partial charge in [-0.15, -0.1) is 0 Å². The molecular weight excluding hydrogens is 289 g/mol. The van der Waals surface area contributed by atoms with Crippen LogP contribution in [0.2, 0.25) is 0 Å². The van der Waals surface area contributed by atoms with Gasteiger partial charge in [-0.3, -0.25) is 0 Å². The van der Waals surface area contributed by atoms with Gasteiger partial charge in [0.2, 0.25) is 0 Å². The van der Waals surface area contributed by atoms with Gasteiger partial charge in [-0.2, -0.15) is 0 Å². The second-order valence-corrected chi connectivity index (χ2v) is 4.44. The van der Waals surface area contributed by atoms with Crippen molar-refractivity contribution in [3.8, 4) is 17.2 Å². The predicted molar refractivity (Wildman–Crippen MR) is 79.1 cm³/mol. The highest BCUT2D eigenvalue weighted by atomic mass is 19.1. The van der Waals surface area contributed by atoms with Crippen molar-refractivity contribution in [1.29, 1.82) is 0 Å². The highest BCUT2D eigenvalue weighted by Crippen LogP contribution is 2.25. The fraction of sp³-hybridized carbons (Fsp3) is 0.188. The van der Waals surface area contributed by atoms with Crippen molar-refractivity contribution in [1.82, 2.24) is 5.32 Å². The second kappa shape index (κ2) is 7.87. The van der Waals surface area contributed by atoms with Gasteiger partial charge in [0.25, 0.3) is 0 Å². The molecule has 0 aliphatic rings. The zero-order valence-corrected chi connectivity index (χ0v) is 11.8. The molecular formula is C16H16FNO4. The van der Waals surface area contributed by atoms with Gasteiger partial charge < -0.3 is 19.9 Å². The molecule has 2 aromatic rings. The van der Waals surface area contributed by atoms with Crippen molar-refractivity contribution in [2.75, 3.05) is 13.2 Å². The Kier molecular flexibility index (Phi) is 5.59. The van der Waals surface area contributed by atoms with E-state index in [1.165, 1.54) is 6.07 Å². The van der Waals surface area contributed by atoms with Gasteiger partial charge in [0.15, 0.2) is 11.6 Å². The molecule has 0 saturated carbocycles. The minimum absolute atomic E-state index is 0.163. The summed E-state index contributed by atoms with van der Waals surface area (Å²) < 4.78 is 24.3. The first-order valence-electron chi connectivity index (χ1n) is 6.77. The molecule has 2 rings (SSSR count). The van der Waals surface area contributed by atoms with E-state index in [1.54, 1.807) is 42.5 Å². The number of hydrogen-bond acceptors (Lipinski definition) is 3. The Morgan fingerprint density at radius 2 is 1.77 bits per heavy atom. The molecule has 0 heterocycles. The van der Waals surface area contributed by atoms with Gasteiger partial charge >= 0.3 is 6.09 Å². The van der Waals surface area contributed by atoms with Crippen LogP contribution in [-0.2, 0) is 0 Å². The quantitative estimate of drug-likeness (QED) is 0.766. The van der Waals surface area contributed by atoms with Gasteiger partial charge in [0, 0.05) is 6.54 Å². The van der Waals surface area contributed by atoms with E-state index in [9.17, 15) is 9.18 Å². The van der Waals surface area contributed by atoms with Crippen molar-refractivity contribution in [2.45, 2.75) is 6.42 Å². The topological polar surface area (TPSA) is 67.8 Å². The van der Waals surface area contributed by atoms with Crippen molar-refractivity contribution in [2.24, 2.45) is 0 Å². The minimum atomic E-state index is -1.05. The Labute approximate surface area is 127 Å². The molecule has 0 spiro atoms. The lowest BCUT2D eigenvalue weighted by molar-refractivity contribution is 0.193. The molecule has 0 radical (unpaired) electrons. The van der Waals surface area contributed by atoms with E-state index in [1.807, 2.05) is 0 Å². The van der Waals surface area contributed by atoms with E-state index >= 15 is 0 Å². The predicted octanol–water partition coefficient (Wildman–Crippen LogP) is 3.65. The highest BCUT2D eigenvalue weighted by Gasteiger charge is 2.03. The summed E-state index contributed by atoms with van der Waals surface area (Å²) in [5.74, 6) is 0.880. The Balaban J connectivity index is 1.80. The van der Waals surface area contributed by atoms with Crippen LogP contribution in [0.15, 0.2) is 48.5 Å². The van der Waals surface area contributed by atoms with Gasteiger partial charge in [-0.05, 0) is 42.8 Å². The lowest BCUT2D eigenvalue weighted by Gasteiger charge is -2.09. The number of carbonyl (C=O) groups is 1. The number of amides is 1. The molecule has 0 fully saturated rings. The summed E-state index contributed by atoms with van der Waals surface area (Å²) in [6, 6.07) is 12.9. The summed E-state index contributed by atoms with van der Waals surface area (Å²) in [5.41, 5.74) is 0. The molecule has 0 aliphatic heterocycles. The summed E-state index contributed by atoms with van der Waals surface area (Å²) in [6.07, 6.45) is -0.477. The molecule has 5 nitrogen and oxygen atoms in total. The number of nitrogens with one attached hydrogen (secondary N) is 1. The standard InChI is InChI=1S/C16H16FNO4/c17-14-4-1-2-5-15(14)22-13-8-6-12(7-9-13)21-11-3-10-18-16(19)20/h1-2,4-9,18H,3,10-11H2,(H,19,20). The van der Waals surface area contributed by atoms with Crippen LogP contribution in [0.3, 0.4) is 0 Å². The van der Waals surface area contributed by atoms with Crippen LogP contribution in [0.4, 0.5) is 9.18 Å². The third-order valence-corrected chi connectivity index (χ3v) is 2.75. The number of ether oxygens (including phenoxy) is 2. The Bertz CT molecular complexity index is 616. The smallest absolute Gasteiger partial charge is 0.404 e. The van der Waals surface area contributed by atoms with Crippen LogP contribution in [-0.4, -0.2) is 24.4 Å². The van der Waals surface area contributed by atoms with E-state index in [2.05, 4.69) is 5.32 Å². The van der Waals surface area contributed by atoms with Crippen LogP contribution in [0.1, 0.15) is 6.42 Å². The van der Waals surface area contributed by atoms with Gasteiger partial charge in [0.05, 0.1) is 6.61 Å². The first-order chi connectivity index (χ1) is 10.6. The molecule has 1 amide bonds. The largest absolute Gasteiger partial charge is 0.494 e. The van der Waals surface area contributed by atoms with Gasteiger partial charge in [0.1, 0.15) is 11.5 Å². The molecule has 0 unspecified atom stereocenters. The minimum Gasteiger partial charge on any atom is -0.494 e. The van der Waals surface area contributed by atoms with Crippen molar-refractivity contribution in [3.63, 3.8) is 0 Å². The molecule has 2 N–H and O–H groups in total. The molecule has 22 heavy (non-hydrogen) atoms. The zero-order chi connectivity index (χ0) is 15.8. The van der Waals surface area contributed by atoms with E-state index in [-0.39, 0.29) is 5.75 Å². The van der Waals surface area contributed by atoms with Gasteiger partial charge in [-0.25, -0.2) is 9.18 Å². The van der Waals surface area contributed by atoms with Crippen LogP contribution < -0.4 is 14.8 Å². The third kappa shape index (κ3) is 4.97. The molecule has 2 aromatic carbocycles. The van der Waals surface area contributed by atoms with E-state index in [0.29, 0.717) is 31.1 Å². The fourth-order valence-corrected chi connectivity index (χ4v) is 1.72. The maximum atomic E-state index is 13.5. The van der Waals surface area contributed by atoms with E-state index in [4.69, 9.17) is 14.6 Å². The Hall–Kier alpha value is -2.76. The molecule has 0 atom stereocenters. The Morgan fingerprint density at radius 3 is 2.45 bits per heavy atom. The highest BCUT2D eigenvalue weighted by molar-refractivity contribution is 5.64. The van der Waals surface area contributed by atoms with Crippen LogP contribution in [0.25, 0.3) is 0 Å². The van der Waals surface area contributed by atoms with Crippen molar-refractivity contribution in [3.05, 3.63) is 54.3 Å². The monoisotopic (exact) mass is 305 g/mol. The first-order valence-corrected chi connectivity index (χ1v) is 6.77. The van der Waals surface area contributed by atoms with E-state index < -0.39 is 11.9 Å².